The minimum absolute atomic E-state index is 0.113. The third-order valence-corrected chi connectivity index (χ3v) is 5.93. The van der Waals surface area contributed by atoms with Crippen LogP contribution in [0.3, 0.4) is 0 Å². The maximum Gasteiger partial charge on any atom is 0.125 e. The quantitative estimate of drug-likeness (QED) is 0.648. The molecule has 1 aliphatic carbocycles. The summed E-state index contributed by atoms with van der Waals surface area (Å²) in [6.07, 6.45) is 6.50. The van der Waals surface area contributed by atoms with Gasteiger partial charge in [0, 0.05) is 35.1 Å². The average Bonchev–Trinajstić information content (AvgIpc) is 2.90. The highest BCUT2D eigenvalue weighted by Crippen LogP contribution is 2.39. The van der Waals surface area contributed by atoms with Crippen molar-refractivity contribution < 1.29 is 4.79 Å². The van der Waals surface area contributed by atoms with Crippen LogP contribution in [-0.4, -0.2) is 35.8 Å². The van der Waals surface area contributed by atoms with E-state index in [4.69, 9.17) is 0 Å². The third kappa shape index (κ3) is 2.26. The van der Waals surface area contributed by atoms with E-state index in [9.17, 15) is 4.79 Å². The van der Waals surface area contributed by atoms with E-state index >= 15 is 0 Å². The molecule has 1 fully saturated rings. The SMILES string of the molecule is C/C=C1/CN(C)[C@H]2Cc3c([nH]c4ccccc34)CC[C@@H]1[C@@H]2C=O. The summed E-state index contributed by atoms with van der Waals surface area (Å²) in [6, 6.07) is 8.87. The molecule has 2 heterocycles. The second kappa shape index (κ2) is 5.64. The van der Waals surface area contributed by atoms with Crippen molar-refractivity contribution in [2.75, 3.05) is 13.6 Å². The molecule has 2 aromatic rings. The maximum atomic E-state index is 11.9. The van der Waals surface area contributed by atoms with E-state index in [1.807, 2.05) is 0 Å². The fraction of sp³-hybridized carbons (Fsp3) is 0.450. The first kappa shape index (κ1) is 14.7. The molecule has 0 spiro atoms. The van der Waals surface area contributed by atoms with Crippen LogP contribution >= 0.6 is 0 Å². The molecule has 3 atom stereocenters. The highest BCUT2D eigenvalue weighted by Gasteiger charge is 2.40. The molecule has 0 unspecified atom stereocenters. The standard InChI is InChI=1S/C20H24N2O/c1-3-13-11-22(2)20-10-16-15-6-4-5-7-18(15)21-19(16)9-8-14(13)17(20)12-23/h3-7,12,14,17,20-21H,8-11H2,1-2H3/b13-3-/t14-,17-,20-/m0/s1. The highest BCUT2D eigenvalue weighted by molar-refractivity contribution is 5.85. The number of nitrogens with zero attached hydrogens (tertiary/aromatic N) is 1. The van der Waals surface area contributed by atoms with E-state index < -0.39 is 0 Å². The molecule has 120 valence electrons. The van der Waals surface area contributed by atoms with Gasteiger partial charge in [0.1, 0.15) is 6.29 Å². The molecule has 23 heavy (non-hydrogen) atoms. The van der Waals surface area contributed by atoms with Crippen LogP contribution < -0.4 is 0 Å². The second-order valence-corrected chi connectivity index (χ2v) is 7.04. The van der Waals surface area contributed by atoms with Crippen LogP contribution in [0.25, 0.3) is 10.9 Å². The van der Waals surface area contributed by atoms with E-state index in [0.29, 0.717) is 12.0 Å². The normalized spacial score (nSPS) is 30.0. The van der Waals surface area contributed by atoms with Crippen LogP contribution in [0.15, 0.2) is 35.9 Å². The Morgan fingerprint density at radius 3 is 2.91 bits per heavy atom. The summed E-state index contributed by atoms with van der Waals surface area (Å²) in [4.78, 5) is 17.9. The molecular weight excluding hydrogens is 284 g/mol. The number of aldehydes is 1. The first-order valence-electron chi connectivity index (χ1n) is 8.62. The van der Waals surface area contributed by atoms with Gasteiger partial charge in [-0.1, -0.05) is 29.8 Å². The Morgan fingerprint density at radius 2 is 2.13 bits per heavy atom. The lowest BCUT2D eigenvalue weighted by atomic mass is 9.71. The van der Waals surface area contributed by atoms with Gasteiger partial charge in [0.25, 0.3) is 0 Å². The van der Waals surface area contributed by atoms with Crippen molar-refractivity contribution in [3.63, 3.8) is 0 Å². The van der Waals surface area contributed by atoms with Crippen LogP contribution in [0.4, 0.5) is 0 Å². The molecule has 3 heteroatoms. The van der Waals surface area contributed by atoms with Gasteiger partial charge in [0.05, 0.1) is 0 Å². The van der Waals surface area contributed by atoms with Gasteiger partial charge in [-0.05, 0) is 50.8 Å². The smallest absolute Gasteiger partial charge is 0.125 e. The van der Waals surface area contributed by atoms with Crippen LogP contribution in [-0.2, 0) is 17.6 Å². The predicted octanol–water partition coefficient (Wildman–Crippen LogP) is 3.35. The molecule has 1 aromatic carbocycles. The number of likely N-dealkylation sites (tertiary alicyclic amines) is 1. The second-order valence-electron chi connectivity index (χ2n) is 7.04. The molecule has 1 N–H and O–H groups in total. The number of fused-ring (bicyclic) bond motifs is 5. The number of hydrogen-bond donors (Lipinski definition) is 1. The predicted molar refractivity (Wildman–Crippen MR) is 93.5 cm³/mol. The Morgan fingerprint density at radius 1 is 1.30 bits per heavy atom. The third-order valence-electron chi connectivity index (χ3n) is 5.93. The van der Waals surface area contributed by atoms with Crippen molar-refractivity contribution in [1.29, 1.82) is 0 Å². The number of aromatic amines is 1. The zero-order valence-electron chi connectivity index (χ0n) is 13.9. The van der Waals surface area contributed by atoms with Crippen molar-refractivity contribution in [1.82, 2.24) is 9.88 Å². The van der Waals surface area contributed by atoms with E-state index in [1.165, 1.54) is 34.0 Å². The minimum Gasteiger partial charge on any atom is -0.358 e. The number of aromatic nitrogens is 1. The average molecular weight is 308 g/mol. The summed E-state index contributed by atoms with van der Waals surface area (Å²) in [5.74, 6) is 0.514. The molecule has 4 rings (SSSR count). The summed E-state index contributed by atoms with van der Waals surface area (Å²) in [5, 5.41) is 1.33. The molecule has 1 aliphatic heterocycles. The molecule has 1 aromatic heterocycles. The van der Waals surface area contributed by atoms with Gasteiger partial charge in [-0.2, -0.15) is 0 Å². The van der Waals surface area contributed by atoms with Crippen LogP contribution in [0.1, 0.15) is 24.6 Å². The fourth-order valence-corrected chi connectivity index (χ4v) is 4.70. The topological polar surface area (TPSA) is 36.1 Å². The van der Waals surface area contributed by atoms with Gasteiger partial charge in [-0.15, -0.1) is 0 Å². The number of aryl methyl sites for hydroxylation is 1. The van der Waals surface area contributed by atoms with Crippen molar-refractivity contribution in [2.24, 2.45) is 11.8 Å². The Bertz CT molecular complexity index is 773. The Hall–Kier alpha value is -1.87. The molecule has 3 nitrogen and oxygen atoms in total. The Balaban J connectivity index is 1.84. The number of nitrogens with one attached hydrogen (secondary N) is 1. The monoisotopic (exact) mass is 308 g/mol. The summed E-state index contributed by atoms with van der Waals surface area (Å²) < 4.78 is 0. The fourth-order valence-electron chi connectivity index (χ4n) is 4.70. The number of benzene rings is 1. The van der Waals surface area contributed by atoms with Crippen molar-refractivity contribution in [2.45, 2.75) is 32.2 Å². The summed E-state index contributed by atoms with van der Waals surface area (Å²) in [6.45, 7) is 3.10. The lowest BCUT2D eigenvalue weighted by Crippen LogP contribution is -2.51. The Labute approximate surface area is 137 Å². The van der Waals surface area contributed by atoms with Crippen LogP contribution in [0.2, 0.25) is 0 Å². The number of rotatable bonds is 1. The van der Waals surface area contributed by atoms with Gasteiger partial charge >= 0.3 is 0 Å². The van der Waals surface area contributed by atoms with E-state index in [2.05, 4.69) is 54.2 Å². The van der Waals surface area contributed by atoms with Gasteiger partial charge < -0.3 is 9.78 Å². The van der Waals surface area contributed by atoms with E-state index in [0.717, 1.165) is 25.8 Å². The first-order valence-corrected chi connectivity index (χ1v) is 8.62. The number of carbonyl (C=O) groups is 1. The lowest BCUT2D eigenvalue weighted by Gasteiger charge is -2.44. The van der Waals surface area contributed by atoms with Crippen molar-refractivity contribution >= 4 is 17.2 Å². The van der Waals surface area contributed by atoms with E-state index in [1.54, 1.807) is 0 Å². The number of para-hydroxylation sites is 1. The number of hydrogen-bond acceptors (Lipinski definition) is 2. The first-order chi connectivity index (χ1) is 11.2. The van der Waals surface area contributed by atoms with Gasteiger partial charge in [0.2, 0.25) is 0 Å². The largest absolute Gasteiger partial charge is 0.358 e. The molecule has 0 amide bonds. The lowest BCUT2D eigenvalue weighted by molar-refractivity contribution is -0.115. The molecule has 2 bridgehead atoms. The van der Waals surface area contributed by atoms with Gasteiger partial charge in [-0.3, -0.25) is 4.90 Å². The number of H-pyrrole nitrogens is 1. The summed E-state index contributed by atoms with van der Waals surface area (Å²) >= 11 is 0. The Kier molecular flexibility index (Phi) is 3.61. The minimum atomic E-state index is 0.113. The van der Waals surface area contributed by atoms with Gasteiger partial charge in [-0.25, -0.2) is 0 Å². The maximum absolute atomic E-state index is 11.9. The zero-order valence-corrected chi connectivity index (χ0v) is 13.9. The zero-order chi connectivity index (χ0) is 16.0. The van der Waals surface area contributed by atoms with E-state index in [-0.39, 0.29) is 5.92 Å². The summed E-state index contributed by atoms with van der Waals surface area (Å²) in [7, 11) is 2.16. The summed E-state index contributed by atoms with van der Waals surface area (Å²) in [5.41, 5.74) is 5.45. The molecule has 1 saturated heterocycles. The number of carbonyl (C=O) groups excluding carboxylic acids is 1. The molecular formula is C20H24N2O. The van der Waals surface area contributed by atoms with Crippen LogP contribution in [0.5, 0.6) is 0 Å². The van der Waals surface area contributed by atoms with Crippen molar-refractivity contribution in [3.8, 4) is 0 Å². The molecule has 0 saturated carbocycles. The van der Waals surface area contributed by atoms with Gasteiger partial charge in [0.15, 0.2) is 0 Å². The van der Waals surface area contributed by atoms with Crippen molar-refractivity contribution in [3.05, 3.63) is 47.2 Å². The molecule has 0 radical (unpaired) electrons. The molecule has 2 aliphatic rings. The number of piperidine rings is 1. The van der Waals surface area contributed by atoms with Crippen LogP contribution in [0, 0.1) is 11.8 Å². The number of likely N-dealkylation sites (N-methyl/N-ethyl adjacent to an activating group) is 1. The number of allylic oxidation sites excluding steroid dienone is 1. The highest BCUT2D eigenvalue weighted by atomic mass is 16.1.